The largest absolute Gasteiger partial charge is 0.508 e. The molecule has 4 N–H and O–H groups in total. The van der Waals surface area contributed by atoms with Gasteiger partial charge in [0.25, 0.3) is 5.91 Å². The first kappa shape index (κ1) is 20.5. The van der Waals surface area contributed by atoms with E-state index in [1.807, 2.05) is 44.2 Å². The van der Waals surface area contributed by atoms with Crippen molar-refractivity contribution in [2.75, 3.05) is 6.54 Å². The van der Waals surface area contributed by atoms with Gasteiger partial charge in [0, 0.05) is 11.1 Å². The molecule has 144 valence electrons. The molecule has 0 aliphatic rings. The SMILES string of the molecule is CCNC(Cc1ccccc1)C(=O)N/N=C(\CC)c1ccc(O)c(C)c1O. The molecule has 1 unspecified atom stereocenters. The summed E-state index contributed by atoms with van der Waals surface area (Å²) in [5, 5.41) is 27.4. The molecule has 2 aromatic carbocycles. The average Bonchev–Trinajstić information content (AvgIpc) is 2.68. The van der Waals surface area contributed by atoms with Crippen LogP contribution >= 0.6 is 0 Å². The molecule has 2 aromatic rings. The van der Waals surface area contributed by atoms with Gasteiger partial charge < -0.3 is 15.5 Å². The summed E-state index contributed by atoms with van der Waals surface area (Å²) in [6.07, 6.45) is 1.07. The first-order valence-corrected chi connectivity index (χ1v) is 9.13. The number of hydrogen-bond donors (Lipinski definition) is 4. The number of phenolic OH excluding ortho intramolecular Hbond substituents is 2. The number of carbonyl (C=O) groups is 1. The highest BCUT2D eigenvalue weighted by atomic mass is 16.3. The molecule has 0 heterocycles. The lowest BCUT2D eigenvalue weighted by Crippen LogP contribution is -2.44. The fraction of sp³-hybridized carbons (Fsp3) is 0.333. The normalized spacial score (nSPS) is 12.6. The summed E-state index contributed by atoms with van der Waals surface area (Å²) >= 11 is 0. The third kappa shape index (κ3) is 5.31. The molecule has 1 amide bonds. The minimum atomic E-state index is -0.408. The van der Waals surface area contributed by atoms with Crippen LogP contribution in [0.2, 0.25) is 0 Å². The number of amides is 1. The Balaban J connectivity index is 2.16. The van der Waals surface area contributed by atoms with Crippen molar-refractivity contribution in [2.45, 2.75) is 39.7 Å². The van der Waals surface area contributed by atoms with E-state index in [0.29, 0.717) is 36.2 Å². The summed E-state index contributed by atoms with van der Waals surface area (Å²) in [6.45, 7) is 6.12. The molecule has 2 rings (SSSR count). The first-order valence-electron chi connectivity index (χ1n) is 9.13. The number of carbonyl (C=O) groups excluding carboxylic acids is 1. The minimum absolute atomic E-state index is 0.0193. The summed E-state index contributed by atoms with van der Waals surface area (Å²) in [7, 11) is 0. The van der Waals surface area contributed by atoms with Crippen molar-refractivity contribution in [2.24, 2.45) is 5.10 Å². The average molecular weight is 369 g/mol. The molecule has 6 nitrogen and oxygen atoms in total. The summed E-state index contributed by atoms with van der Waals surface area (Å²) in [4.78, 5) is 12.6. The van der Waals surface area contributed by atoms with Gasteiger partial charge in [-0.1, -0.05) is 44.2 Å². The molecule has 1 atom stereocenters. The van der Waals surface area contributed by atoms with Crippen molar-refractivity contribution >= 4 is 11.6 Å². The Morgan fingerprint density at radius 2 is 1.81 bits per heavy atom. The van der Waals surface area contributed by atoms with Crippen LogP contribution < -0.4 is 10.7 Å². The molecule has 0 aliphatic carbocycles. The zero-order chi connectivity index (χ0) is 19.8. The van der Waals surface area contributed by atoms with Gasteiger partial charge in [0.05, 0.1) is 11.8 Å². The number of nitrogens with one attached hydrogen (secondary N) is 2. The van der Waals surface area contributed by atoms with Gasteiger partial charge in [0.15, 0.2) is 0 Å². The van der Waals surface area contributed by atoms with Gasteiger partial charge in [-0.2, -0.15) is 5.10 Å². The molecular weight excluding hydrogens is 342 g/mol. The van der Waals surface area contributed by atoms with Gasteiger partial charge >= 0.3 is 0 Å². The number of nitrogens with zero attached hydrogens (tertiary/aromatic N) is 1. The molecule has 0 aliphatic heterocycles. The zero-order valence-electron chi connectivity index (χ0n) is 16.0. The van der Waals surface area contributed by atoms with E-state index < -0.39 is 6.04 Å². The quantitative estimate of drug-likeness (QED) is 0.425. The second kappa shape index (κ2) is 9.73. The van der Waals surface area contributed by atoms with Gasteiger partial charge in [-0.3, -0.25) is 4.79 Å². The number of hydrogen-bond acceptors (Lipinski definition) is 5. The predicted octanol–water partition coefficient (Wildman–Crippen LogP) is 2.86. The number of rotatable bonds is 8. The van der Waals surface area contributed by atoms with Crippen LogP contribution in [0.4, 0.5) is 0 Å². The van der Waals surface area contributed by atoms with Crippen molar-refractivity contribution in [3.05, 3.63) is 59.2 Å². The summed E-state index contributed by atoms with van der Waals surface area (Å²) in [5.41, 5.74) is 5.09. The highest BCUT2D eigenvalue weighted by molar-refractivity contribution is 6.03. The summed E-state index contributed by atoms with van der Waals surface area (Å²) < 4.78 is 0. The number of phenols is 2. The Morgan fingerprint density at radius 1 is 1.11 bits per heavy atom. The number of benzene rings is 2. The van der Waals surface area contributed by atoms with Crippen LogP contribution in [0.15, 0.2) is 47.6 Å². The second-order valence-corrected chi connectivity index (χ2v) is 6.29. The van der Waals surface area contributed by atoms with E-state index in [1.54, 1.807) is 13.0 Å². The Kier molecular flexibility index (Phi) is 7.37. The van der Waals surface area contributed by atoms with Crippen LogP contribution in [0, 0.1) is 6.92 Å². The highest BCUT2D eigenvalue weighted by Crippen LogP contribution is 2.30. The van der Waals surface area contributed by atoms with E-state index in [-0.39, 0.29) is 17.4 Å². The van der Waals surface area contributed by atoms with Crippen LogP contribution in [-0.4, -0.2) is 34.4 Å². The number of hydrazone groups is 1. The van der Waals surface area contributed by atoms with E-state index >= 15 is 0 Å². The molecule has 0 spiro atoms. The lowest BCUT2D eigenvalue weighted by atomic mass is 10.0. The number of likely N-dealkylation sites (N-methyl/N-ethyl adjacent to an activating group) is 1. The third-order valence-corrected chi connectivity index (χ3v) is 4.40. The van der Waals surface area contributed by atoms with E-state index in [0.717, 1.165) is 5.56 Å². The fourth-order valence-electron chi connectivity index (χ4n) is 2.81. The van der Waals surface area contributed by atoms with Crippen LogP contribution in [0.3, 0.4) is 0 Å². The summed E-state index contributed by atoms with van der Waals surface area (Å²) in [6, 6.07) is 12.5. The second-order valence-electron chi connectivity index (χ2n) is 6.29. The molecule has 0 bridgehead atoms. The van der Waals surface area contributed by atoms with Crippen LogP contribution in [0.25, 0.3) is 0 Å². The molecule has 0 aromatic heterocycles. The Hall–Kier alpha value is -2.86. The molecular formula is C21H27N3O3. The molecule has 0 saturated carbocycles. The minimum Gasteiger partial charge on any atom is -0.508 e. The van der Waals surface area contributed by atoms with E-state index in [4.69, 9.17) is 0 Å². The van der Waals surface area contributed by atoms with Crippen LogP contribution in [0.1, 0.15) is 37.0 Å². The Morgan fingerprint density at radius 3 is 2.44 bits per heavy atom. The molecule has 27 heavy (non-hydrogen) atoms. The van der Waals surface area contributed by atoms with Gasteiger partial charge in [0.2, 0.25) is 0 Å². The van der Waals surface area contributed by atoms with Gasteiger partial charge in [-0.15, -0.1) is 0 Å². The van der Waals surface area contributed by atoms with Crippen LogP contribution in [-0.2, 0) is 11.2 Å². The van der Waals surface area contributed by atoms with E-state index in [1.165, 1.54) is 6.07 Å². The lowest BCUT2D eigenvalue weighted by molar-refractivity contribution is -0.123. The predicted molar refractivity (Wildman–Crippen MR) is 107 cm³/mol. The smallest absolute Gasteiger partial charge is 0.257 e. The van der Waals surface area contributed by atoms with Gasteiger partial charge in [-0.05, 0) is 44.0 Å². The van der Waals surface area contributed by atoms with E-state index in [9.17, 15) is 15.0 Å². The van der Waals surface area contributed by atoms with Crippen molar-refractivity contribution in [3.8, 4) is 11.5 Å². The third-order valence-electron chi connectivity index (χ3n) is 4.40. The fourth-order valence-corrected chi connectivity index (χ4v) is 2.81. The van der Waals surface area contributed by atoms with Gasteiger partial charge in [0.1, 0.15) is 11.5 Å². The molecule has 0 fully saturated rings. The lowest BCUT2D eigenvalue weighted by Gasteiger charge is -2.17. The topological polar surface area (TPSA) is 94.0 Å². The molecule has 0 saturated heterocycles. The van der Waals surface area contributed by atoms with Crippen molar-refractivity contribution in [1.29, 1.82) is 0 Å². The van der Waals surface area contributed by atoms with Crippen molar-refractivity contribution in [3.63, 3.8) is 0 Å². The van der Waals surface area contributed by atoms with Gasteiger partial charge in [-0.25, -0.2) is 5.43 Å². The number of aromatic hydroxyl groups is 2. The first-order chi connectivity index (χ1) is 13.0. The highest BCUT2D eigenvalue weighted by Gasteiger charge is 2.18. The summed E-state index contributed by atoms with van der Waals surface area (Å²) in [5.74, 6) is -0.246. The molecule has 0 radical (unpaired) electrons. The Bertz CT molecular complexity index is 804. The maximum atomic E-state index is 12.6. The van der Waals surface area contributed by atoms with Crippen molar-refractivity contribution < 1.29 is 15.0 Å². The standard InChI is InChI=1S/C21H27N3O3/c1-4-17(16-11-12-19(25)14(3)20(16)26)23-24-21(27)18(22-5-2)13-15-9-7-6-8-10-15/h6-12,18,22,25-26H,4-5,13H2,1-3H3,(H,24,27)/b23-17+. The van der Waals surface area contributed by atoms with E-state index in [2.05, 4.69) is 15.8 Å². The van der Waals surface area contributed by atoms with Crippen molar-refractivity contribution in [1.82, 2.24) is 10.7 Å². The monoisotopic (exact) mass is 369 g/mol. The van der Waals surface area contributed by atoms with Crippen LogP contribution in [0.5, 0.6) is 11.5 Å². The molecule has 6 heteroatoms. The maximum absolute atomic E-state index is 12.6. The Labute approximate surface area is 159 Å². The zero-order valence-corrected chi connectivity index (χ0v) is 16.0. The maximum Gasteiger partial charge on any atom is 0.257 e.